The van der Waals surface area contributed by atoms with Gasteiger partial charge in [-0.2, -0.15) is 10.1 Å². The zero-order valence-electron chi connectivity index (χ0n) is 9.65. The van der Waals surface area contributed by atoms with Crippen molar-refractivity contribution >= 4 is 17.3 Å². The van der Waals surface area contributed by atoms with Gasteiger partial charge in [0.15, 0.2) is 5.82 Å². The number of hydrogen-bond donors (Lipinski definition) is 1. The number of rotatable bonds is 3. The van der Waals surface area contributed by atoms with E-state index in [-0.39, 0.29) is 28.0 Å². The second-order valence-corrected chi connectivity index (χ2v) is 4.11. The average Bonchev–Trinajstić information content (AvgIpc) is 3.09. The Balaban J connectivity index is 2.08. The first kappa shape index (κ1) is 12.2. The van der Waals surface area contributed by atoms with E-state index < -0.39 is 4.92 Å². The molecule has 0 saturated carbocycles. The van der Waals surface area contributed by atoms with Gasteiger partial charge in [-0.05, 0) is 12.1 Å². The number of aromatic nitrogens is 5. The number of nitro groups is 1. The number of aromatic amines is 1. The molecule has 0 aliphatic rings. The van der Waals surface area contributed by atoms with Crippen LogP contribution in [0.2, 0.25) is 5.02 Å². The molecular formula is C10H5ClN6O3. The Kier molecular flexibility index (Phi) is 2.88. The lowest BCUT2D eigenvalue weighted by Gasteiger charge is -1.97. The lowest BCUT2D eigenvalue weighted by atomic mass is 10.2. The topological polar surface area (TPSA) is 124 Å². The minimum atomic E-state index is -0.570. The van der Waals surface area contributed by atoms with Gasteiger partial charge in [0.1, 0.15) is 11.9 Å². The highest BCUT2D eigenvalue weighted by atomic mass is 35.5. The van der Waals surface area contributed by atoms with Gasteiger partial charge in [-0.3, -0.25) is 15.2 Å². The van der Waals surface area contributed by atoms with Crippen LogP contribution >= 0.6 is 11.6 Å². The number of benzene rings is 1. The van der Waals surface area contributed by atoms with Gasteiger partial charge in [-0.25, -0.2) is 4.98 Å². The van der Waals surface area contributed by atoms with Gasteiger partial charge in [0.05, 0.1) is 4.92 Å². The zero-order valence-corrected chi connectivity index (χ0v) is 10.4. The molecule has 20 heavy (non-hydrogen) atoms. The lowest BCUT2D eigenvalue weighted by Crippen LogP contribution is -1.92. The van der Waals surface area contributed by atoms with E-state index >= 15 is 0 Å². The Morgan fingerprint density at radius 1 is 1.40 bits per heavy atom. The smallest absolute Gasteiger partial charge is 0.283 e. The Morgan fingerprint density at radius 3 is 2.95 bits per heavy atom. The average molecular weight is 293 g/mol. The third-order valence-corrected chi connectivity index (χ3v) is 2.67. The standard InChI is InChI=1S/C10H5ClN6O3/c11-5-1-2-6(7(3-5)17(18)19)10-14-9(16-20-10)8-12-4-13-15-8/h1-4H,(H,12,13,15). The number of hydrogen-bond acceptors (Lipinski definition) is 7. The fraction of sp³-hybridized carbons (Fsp3) is 0. The van der Waals surface area contributed by atoms with Crippen LogP contribution in [0.15, 0.2) is 29.0 Å². The van der Waals surface area contributed by atoms with Crippen molar-refractivity contribution in [2.75, 3.05) is 0 Å². The SMILES string of the molecule is O=[N+]([O-])c1cc(Cl)ccc1-c1nc(-c2ncn[nH]2)no1. The van der Waals surface area contributed by atoms with Crippen molar-refractivity contribution in [2.24, 2.45) is 0 Å². The fourth-order valence-corrected chi connectivity index (χ4v) is 1.75. The highest BCUT2D eigenvalue weighted by Gasteiger charge is 2.22. The maximum atomic E-state index is 11.0. The summed E-state index contributed by atoms with van der Waals surface area (Å²) in [7, 11) is 0. The molecule has 0 spiro atoms. The number of nitro benzene ring substituents is 1. The van der Waals surface area contributed by atoms with Crippen molar-refractivity contribution in [1.29, 1.82) is 0 Å². The third kappa shape index (κ3) is 2.10. The summed E-state index contributed by atoms with van der Waals surface area (Å²) in [5.41, 5.74) is -0.0389. The molecule has 1 N–H and O–H groups in total. The van der Waals surface area contributed by atoms with E-state index in [0.29, 0.717) is 5.82 Å². The monoisotopic (exact) mass is 292 g/mol. The molecule has 0 saturated heterocycles. The number of H-pyrrole nitrogens is 1. The number of nitrogens with one attached hydrogen (secondary N) is 1. The van der Waals surface area contributed by atoms with E-state index in [9.17, 15) is 10.1 Å². The predicted octanol–water partition coefficient (Wildman–Crippen LogP) is 2.08. The summed E-state index contributed by atoms with van der Waals surface area (Å²) >= 11 is 5.74. The molecule has 0 unspecified atom stereocenters. The maximum Gasteiger partial charge on any atom is 0.283 e. The van der Waals surface area contributed by atoms with Crippen LogP contribution in [0.4, 0.5) is 5.69 Å². The molecule has 3 aromatic rings. The molecule has 0 bridgehead atoms. The summed E-state index contributed by atoms with van der Waals surface area (Å²) in [4.78, 5) is 18.3. The van der Waals surface area contributed by atoms with Gasteiger partial charge in [0.2, 0.25) is 5.82 Å². The molecule has 1 aromatic carbocycles. The van der Waals surface area contributed by atoms with Crippen LogP contribution in [0, 0.1) is 10.1 Å². The second-order valence-electron chi connectivity index (χ2n) is 3.68. The van der Waals surface area contributed by atoms with E-state index in [2.05, 4.69) is 25.3 Å². The third-order valence-electron chi connectivity index (χ3n) is 2.44. The lowest BCUT2D eigenvalue weighted by molar-refractivity contribution is -0.384. The van der Waals surface area contributed by atoms with E-state index in [4.69, 9.17) is 16.1 Å². The molecule has 9 nitrogen and oxygen atoms in total. The van der Waals surface area contributed by atoms with E-state index in [1.165, 1.54) is 24.5 Å². The van der Waals surface area contributed by atoms with Crippen LogP contribution in [-0.2, 0) is 0 Å². The molecule has 10 heteroatoms. The van der Waals surface area contributed by atoms with Crippen molar-refractivity contribution in [3.05, 3.63) is 39.7 Å². The molecule has 2 aromatic heterocycles. The number of nitrogens with zero attached hydrogens (tertiary/aromatic N) is 5. The Bertz CT molecular complexity index is 769. The van der Waals surface area contributed by atoms with Crippen LogP contribution in [0.25, 0.3) is 23.1 Å². The quantitative estimate of drug-likeness (QED) is 0.579. The van der Waals surface area contributed by atoms with Gasteiger partial charge in [-0.1, -0.05) is 16.8 Å². The van der Waals surface area contributed by atoms with Gasteiger partial charge in [-0.15, -0.1) is 0 Å². The first-order valence-electron chi connectivity index (χ1n) is 5.29. The van der Waals surface area contributed by atoms with E-state index in [1.807, 2.05) is 0 Å². The normalized spacial score (nSPS) is 10.7. The van der Waals surface area contributed by atoms with Crippen LogP contribution in [-0.4, -0.2) is 30.2 Å². The first-order chi connectivity index (χ1) is 9.65. The summed E-state index contributed by atoms with van der Waals surface area (Å²) in [5.74, 6) is 0.457. The Morgan fingerprint density at radius 2 is 2.25 bits per heavy atom. The summed E-state index contributed by atoms with van der Waals surface area (Å²) in [5, 5.41) is 21.2. The largest absolute Gasteiger partial charge is 0.333 e. The zero-order chi connectivity index (χ0) is 14.1. The molecule has 0 atom stereocenters. The van der Waals surface area contributed by atoms with Crippen molar-refractivity contribution in [3.63, 3.8) is 0 Å². The summed E-state index contributed by atoms with van der Waals surface area (Å²) in [6.07, 6.45) is 1.29. The molecule has 0 radical (unpaired) electrons. The van der Waals surface area contributed by atoms with Crippen molar-refractivity contribution in [1.82, 2.24) is 25.3 Å². The summed E-state index contributed by atoms with van der Waals surface area (Å²) in [6.45, 7) is 0. The van der Waals surface area contributed by atoms with Gasteiger partial charge < -0.3 is 4.52 Å². The first-order valence-corrected chi connectivity index (χ1v) is 5.66. The van der Waals surface area contributed by atoms with Crippen molar-refractivity contribution in [3.8, 4) is 23.1 Å². The highest BCUT2D eigenvalue weighted by molar-refractivity contribution is 6.30. The van der Waals surface area contributed by atoms with Crippen LogP contribution in [0.1, 0.15) is 0 Å². The molecular weight excluding hydrogens is 288 g/mol. The van der Waals surface area contributed by atoms with E-state index in [0.717, 1.165) is 0 Å². The minimum Gasteiger partial charge on any atom is -0.333 e. The number of halogens is 1. The Labute approximate surface area is 115 Å². The van der Waals surface area contributed by atoms with Crippen LogP contribution in [0.3, 0.4) is 0 Å². The molecule has 0 amide bonds. The van der Waals surface area contributed by atoms with Gasteiger partial charge in [0.25, 0.3) is 11.6 Å². The molecule has 3 rings (SSSR count). The Hall–Kier alpha value is -2.81. The molecule has 2 heterocycles. The molecule has 0 aliphatic heterocycles. The molecule has 0 fully saturated rings. The second kappa shape index (κ2) is 4.70. The molecule has 100 valence electrons. The fourth-order valence-electron chi connectivity index (χ4n) is 1.58. The van der Waals surface area contributed by atoms with Crippen LogP contribution < -0.4 is 0 Å². The van der Waals surface area contributed by atoms with E-state index in [1.54, 1.807) is 0 Å². The molecule has 0 aliphatic carbocycles. The summed E-state index contributed by atoms with van der Waals surface area (Å²) < 4.78 is 5.01. The van der Waals surface area contributed by atoms with Gasteiger partial charge in [0, 0.05) is 11.1 Å². The van der Waals surface area contributed by atoms with Crippen molar-refractivity contribution in [2.45, 2.75) is 0 Å². The maximum absolute atomic E-state index is 11.0. The van der Waals surface area contributed by atoms with Crippen molar-refractivity contribution < 1.29 is 9.45 Å². The highest BCUT2D eigenvalue weighted by Crippen LogP contribution is 2.31. The predicted molar refractivity (Wildman–Crippen MR) is 66.8 cm³/mol. The van der Waals surface area contributed by atoms with Crippen LogP contribution in [0.5, 0.6) is 0 Å². The van der Waals surface area contributed by atoms with Gasteiger partial charge >= 0.3 is 0 Å². The summed E-state index contributed by atoms with van der Waals surface area (Å²) in [6, 6.07) is 4.16. The minimum absolute atomic E-state index is 0.000216.